The maximum atomic E-state index is 11.1. The number of aromatic nitrogens is 3. The number of anilines is 1. The van der Waals surface area contributed by atoms with Gasteiger partial charge in [-0.2, -0.15) is 0 Å². The molecular weight excluding hydrogens is 278 g/mol. The second kappa shape index (κ2) is 4.85. The highest BCUT2D eigenvalue weighted by atomic mass is 16.6. The van der Waals surface area contributed by atoms with Crippen LogP contribution in [0.15, 0.2) is 24.5 Å². The van der Waals surface area contributed by atoms with Gasteiger partial charge in [0.25, 0.3) is 0 Å². The van der Waals surface area contributed by atoms with Crippen LogP contribution in [0.1, 0.15) is 16.3 Å². The first-order valence-electron chi connectivity index (χ1n) is 6.20. The maximum absolute atomic E-state index is 11.1. The van der Waals surface area contributed by atoms with Gasteiger partial charge in [-0.05, 0) is 6.07 Å². The Morgan fingerprint density at radius 3 is 2.90 bits per heavy atom. The lowest BCUT2D eigenvalue weighted by Crippen LogP contribution is -2.34. The summed E-state index contributed by atoms with van der Waals surface area (Å²) in [6.45, 7) is 1.47. The van der Waals surface area contributed by atoms with Crippen molar-refractivity contribution in [2.45, 2.75) is 13.1 Å². The third-order valence-corrected chi connectivity index (χ3v) is 3.31. The van der Waals surface area contributed by atoms with E-state index in [4.69, 9.17) is 5.11 Å². The Labute approximate surface area is 118 Å². The van der Waals surface area contributed by atoms with Crippen molar-refractivity contribution in [2.24, 2.45) is 0 Å². The molecule has 108 valence electrons. The van der Waals surface area contributed by atoms with Crippen LogP contribution in [0.5, 0.6) is 0 Å². The first-order chi connectivity index (χ1) is 10.1. The van der Waals surface area contributed by atoms with E-state index in [0.717, 1.165) is 11.9 Å². The third-order valence-electron chi connectivity index (χ3n) is 3.31. The highest BCUT2D eigenvalue weighted by Gasteiger charge is 2.26. The molecule has 21 heavy (non-hydrogen) atoms. The minimum atomic E-state index is -1.22. The number of nitro groups is 1. The Morgan fingerprint density at radius 1 is 1.38 bits per heavy atom. The summed E-state index contributed by atoms with van der Waals surface area (Å²) in [6, 6.07) is 2.31. The van der Waals surface area contributed by atoms with Crippen LogP contribution in [-0.2, 0) is 13.1 Å². The lowest BCUT2D eigenvalue weighted by Gasteiger charge is -2.28. The Hall–Kier alpha value is -2.97. The molecule has 1 aliphatic rings. The number of pyridine rings is 1. The molecule has 1 N–H and O–H groups in total. The lowest BCUT2D eigenvalue weighted by molar-refractivity contribution is -0.384. The Bertz CT molecular complexity index is 726. The predicted octanol–water partition coefficient (Wildman–Crippen LogP) is 0.905. The first-order valence-corrected chi connectivity index (χ1v) is 6.20. The fourth-order valence-corrected chi connectivity index (χ4v) is 2.29. The Kier molecular flexibility index (Phi) is 3.01. The Morgan fingerprint density at radius 2 is 2.19 bits per heavy atom. The predicted molar refractivity (Wildman–Crippen MR) is 71.1 cm³/mol. The monoisotopic (exact) mass is 289 g/mol. The highest BCUT2D eigenvalue weighted by Crippen LogP contribution is 2.28. The fraction of sp³-hybridized carbons (Fsp3) is 0.250. The lowest BCUT2D eigenvalue weighted by atomic mass is 10.2. The van der Waals surface area contributed by atoms with Gasteiger partial charge in [0, 0.05) is 31.5 Å². The van der Waals surface area contributed by atoms with E-state index in [1.54, 1.807) is 11.1 Å². The van der Waals surface area contributed by atoms with Crippen molar-refractivity contribution in [3.8, 4) is 0 Å². The van der Waals surface area contributed by atoms with E-state index in [0.29, 0.717) is 19.6 Å². The number of aromatic carboxylic acids is 1. The molecule has 0 bridgehead atoms. The van der Waals surface area contributed by atoms with Crippen molar-refractivity contribution in [3.05, 3.63) is 46.2 Å². The highest BCUT2D eigenvalue weighted by molar-refractivity contribution is 5.86. The number of imidazole rings is 1. The van der Waals surface area contributed by atoms with E-state index < -0.39 is 10.9 Å². The van der Waals surface area contributed by atoms with Crippen molar-refractivity contribution in [1.82, 2.24) is 14.5 Å². The fourth-order valence-electron chi connectivity index (χ4n) is 2.29. The van der Waals surface area contributed by atoms with Gasteiger partial charge in [0.15, 0.2) is 5.69 Å². The van der Waals surface area contributed by atoms with Gasteiger partial charge >= 0.3 is 11.7 Å². The van der Waals surface area contributed by atoms with Crippen LogP contribution in [0.2, 0.25) is 0 Å². The van der Waals surface area contributed by atoms with Crippen LogP contribution in [0, 0.1) is 10.1 Å². The van der Waals surface area contributed by atoms with Crippen molar-refractivity contribution in [2.75, 3.05) is 11.4 Å². The zero-order valence-corrected chi connectivity index (χ0v) is 10.8. The molecule has 0 radical (unpaired) electrons. The smallest absolute Gasteiger partial charge is 0.354 e. The molecule has 0 atom stereocenters. The quantitative estimate of drug-likeness (QED) is 0.659. The summed E-state index contributed by atoms with van der Waals surface area (Å²) >= 11 is 0. The molecule has 0 amide bonds. The van der Waals surface area contributed by atoms with Gasteiger partial charge in [0.05, 0.1) is 11.5 Å². The summed E-state index contributed by atoms with van der Waals surface area (Å²) in [5, 5.41) is 20.1. The van der Waals surface area contributed by atoms with Crippen LogP contribution >= 0.6 is 0 Å². The van der Waals surface area contributed by atoms with E-state index in [9.17, 15) is 14.9 Å². The van der Waals surface area contributed by atoms with Gasteiger partial charge in [-0.15, -0.1) is 0 Å². The van der Waals surface area contributed by atoms with Crippen LogP contribution in [-0.4, -0.2) is 37.1 Å². The van der Waals surface area contributed by atoms with Gasteiger partial charge in [0.2, 0.25) is 5.82 Å². The number of hydrogen-bond donors (Lipinski definition) is 1. The van der Waals surface area contributed by atoms with Crippen molar-refractivity contribution in [1.29, 1.82) is 0 Å². The number of rotatable bonds is 3. The summed E-state index contributed by atoms with van der Waals surface area (Å²) in [7, 11) is 0. The summed E-state index contributed by atoms with van der Waals surface area (Å²) < 4.78 is 1.95. The molecule has 1 aliphatic heterocycles. The van der Waals surface area contributed by atoms with Crippen molar-refractivity contribution >= 4 is 17.5 Å². The molecule has 0 spiro atoms. The summed E-state index contributed by atoms with van der Waals surface area (Å²) in [5.41, 5.74) is -0.426. The van der Waals surface area contributed by atoms with Gasteiger partial charge in [-0.25, -0.2) is 14.8 Å². The zero-order valence-electron chi connectivity index (χ0n) is 10.8. The minimum absolute atomic E-state index is 0.0640. The number of carboxylic acids is 1. The molecule has 2 aromatic heterocycles. The van der Waals surface area contributed by atoms with Gasteiger partial charge in [-0.1, -0.05) is 0 Å². The maximum Gasteiger partial charge on any atom is 0.354 e. The number of carboxylic acid groups (broad SMARTS) is 1. The zero-order chi connectivity index (χ0) is 15.0. The largest absolute Gasteiger partial charge is 0.477 e. The van der Waals surface area contributed by atoms with Gasteiger partial charge in [0.1, 0.15) is 5.82 Å². The van der Waals surface area contributed by atoms with Crippen LogP contribution in [0.25, 0.3) is 0 Å². The standard InChI is InChI=1S/C12H11N5O4/c18-12(19)8-1-2-9(17(20)21)11(14-8)16-6-5-15-4-3-13-10(15)7-16/h1-4H,5-7H2,(H,18,19). The number of fused-ring (bicyclic) bond motifs is 1. The molecule has 0 aliphatic carbocycles. The molecule has 2 aromatic rings. The molecule has 0 saturated heterocycles. The van der Waals surface area contributed by atoms with E-state index >= 15 is 0 Å². The molecular formula is C12H11N5O4. The molecule has 0 fully saturated rings. The average molecular weight is 289 g/mol. The number of carbonyl (C=O) groups is 1. The van der Waals surface area contributed by atoms with E-state index in [1.165, 1.54) is 6.07 Å². The molecule has 0 unspecified atom stereocenters. The van der Waals surface area contributed by atoms with Crippen LogP contribution < -0.4 is 4.90 Å². The molecule has 9 nitrogen and oxygen atoms in total. The van der Waals surface area contributed by atoms with E-state index in [-0.39, 0.29) is 17.2 Å². The van der Waals surface area contributed by atoms with Crippen molar-refractivity contribution in [3.63, 3.8) is 0 Å². The van der Waals surface area contributed by atoms with E-state index in [1.807, 2.05) is 10.8 Å². The van der Waals surface area contributed by atoms with Crippen LogP contribution in [0.4, 0.5) is 11.5 Å². The van der Waals surface area contributed by atoms with Crippen molar-refractivity contribution < 1.29 is 14.8 Å². The third kappa shape index (κ3) is 2.29. The molecule has 0 aromatic carbocycles. The molecule has 0 saturated carbocycles. The molecule has 3 rings (SSSR count). The minimum Gasteiger partial charge on any atom is -0.477 e. The normalized spacial score (nSPS) is 13.8. The first kappa shape index (κ1) is 13.0. The topological polar surface area (TPSA) is 114 Å². The summed E-state index contributed by atoms with van der Waals surface area (Å²) in [4.78, 5) is 31.3. The second-order valence-corrected chi connectivity index (χ2v) is 4.56. The SMILES string of the molecule is O=C(O)c1ccc([N+](=O)[O-])c(N2CCn3ccnc3C2)n1. The number of hydrogen-bond acceptors (Lipinski definition) is 6. The summed E-state index contributed by atoms with van der Waals surface area (Å²) in [6.07, 6.45) is 3.50. The van der Waals surface area contributed by atoms with E-state index in [2.05, 4.69) is 9.97 Å². The average Bonchev–Trinajstić information content (AvgIpc) is 2.93. The Balaban J connectivity index is 2.02. The number of nitrogens with zero attached hydrogens (tertiary/aromatic N) is 5. The van der Waals surface area contributed by atoms with Gasteiger partial charge < -0.3 is 14.6 Å². The molecule has 9 heteroatoms. The molecule has 3 heterocycles. The van der Waals surface area contributed by atoms with Crippen LogP contribution in [0.3, 0.4) is 0 Å². The second-order valence-electron chi connectivity index (χ2n) is 4.56. The summed E-state index contributed by atoms with van der Waals surface area (Å²) in [5.74, 6) is -0.392. The van der Waals surface area contributed by atoms with Gasteiger partial charge in [-0.3, -0.25) is 10.1 Å².